The summed E-state index contributed by atoms with van der Waals surface area (Å²) in [6.45, 7) is 0. The van der Waals surface area contributed by atoms with E-state index >= 15 is 0 Å². The Morgan fingerprint density at radius 1 is 1.12 bits per heavy atom. The number of nitrogens with zero attached hydrogens (tertiary/aromatic N) is 3. The van der Waals surface area contributed by atoms with E-state index < -0.39 is 17.6 Å². The van der Waals surface area contributed by atoms with Crippen molar-refractivity contribution in [3.05, 3.63) is 65.1 Å². The molecule has 2 aromatic heterocycles. The van der Waals surface area contributed by atoms with Gasteiger partial charge < -0.3 is 10.4 Å². The Morgan fingerprint density at radius 3 is 2.44 bits per heavy atom. The van der Waals surface area contributed by atoms with Crippen LogP contribution < -0.4 is 5.32 Å². The number of aromatic carboxylic acids is 1. The number of thiophene rings is 1. The summed E-state index contributed by atoms with van der Waals surface area (Å²) in [5, 5.41) is 23.2. The highest BCUT2D eigenvalue weighted by Crippen LogP contribution is 2.35. The minimum Gasteiger partial charge on any atom is -0.476 e. The summed E-state index contributed by atoms with van der Waals surface area (Å²) in [6, 6.07) is 11.4. The van der Waals surface area contributed by atoms with E-state index in [-0.39, 0.29) is 5.69 Å². The summed E-state index contributed by atoms with van der Waals surface area (Å²) in [4.78, 5) is 31.0. The van der Waals surface area contributed by atoms with Crippen LogP contribution in [0.25, 0.3) is 11.1 Å². The van der Waals surface area contributed by atoms with Crippen LogP contribution >= 0.6 is 11.3 Å². The maximum absolute atomic E-state index is 12.4. The number of carbonyl (C=O) groups is 2. The van der Waals surface area contributed by atoms with Gasteiger partial charge in [-0.25, -0.2) is 14.8 Å². The molecule has 0 atom stereocenters. The minimum absolute atomic E-state index is 0.310. The Labute approximate surface area is 146 Å². The summed E-state index contributed by atoms with van der Waals surface area (Å²) in [7, 11) is 0. The molecule has 1 aromatic carbocycles. The van der Waals surface area contributed by atoms with E-state index in [0.717, 1.165) is 5.56 Å². The van der Waals surface area contributed by atoms with Gasteiger partial charge in [0.2, 0.25) is 0 Å². The number of nitriles is 1. The fourth-order valence-electron chi connectivity index (χ4n) is 2.21. The van der Waals surface area contributed by atoms with E-state index in [4.69, 9.17) is 5.11 Å². The van der Waals surface area contributed by atoms with Crippen LogP contribution in [-0.4, -0.2) is 27.0 Å². The lowest BCUT2D eigenvalue weighted by molar-refractivity contribution is 0.0685. The maximum Gasteiger partial charge on any atom is 0.356 e. The van der Waals surface area contributed by atoms with Gasteiger partial charge in [-0.1, -0.05) is 30.3 Å². The van der Waals surface area contributed by atoms with Gasteiger partial charge in [0.1, 0.15) is 11.1 Å². The second-order valence-electron chi connectivity index (χ2n) is 4.84. The van der Waals surface area contributed by atoms with Crippen LogP contribution in [0.1, 0.15) is 26.5 Å². The predicted molar refractivity (Wildman–Crippen MR) is 91.4 cm³/mol. The summed E-state index contributed by atoms with van der Waals surface area (Å²) >= 11 is 1.18. The van der Waals surface area contributed by atoms with Gasteiger partial charge in [-0.2, -0.15) is 5.26 Å². The number of carboxylic acids is 1. The number of hydrogen-bond donors (Lipinski definition) is 2. The average molecular weight is 350 g/mol. The molecular formula is C17H10N4O3S. The van der Waals surface area contributed by atoms with Crippen molar-refractivity contribution in [2.75, 3.05) is 5.32 Å². The number of carbonyl (C=O) groups excluding carboxylic acids is 1. The largest absolute Gasteiger partial charge is 0.476 e. The topological polar surface area (TPSA) is 116 Å². The quantitative estimate of drug-likeness (QED) is 0.747. The van der Waals surface area contributed by atoms with E-state index in [1.807, 2.05) is 30.3 Å². The Morgan fingerprint density at radius 2 is 1.80 bits per heavy atom. The maximum atomic E-state index is 12.4. The molecule has 0 aliphatic heterocycles. The molecule has 2 heterocycles. The summed E-state index contributed by atoms with van der Waals surface area (Å²) in [6.07, 6.45) is 2.43. The van der Waals surface area contributed by atoms with Gasteiger partial charge in [0.25, 0.3) is 5.91 Å². The molecule has 0 saturated heterocycles. The van der Waals surface area contributed by atoms with Gasteiger partial charge in [-0.3, -0.25) is 4.79 Å². The van der Waals surface area contributed by atoms with E-state index in [0.29, 0.717) is 16.1 Å². The van der Waals surface area contributed by atoms with Crippen molar-refractivity contribution >= 4 is 28.2 Å². The van der Waals surface area contributed by atoms with Gasteiger partial charge in [-0.15, -0.1) is 11.3 Å². The number of rotatable bonds is 4. The fourth-order valence-corrected chi connectivity index (χ4v) is 3.13. The Kier molecular flexibility index (Phi) is 4.50. The fraction of sp³-hybridized carbons (Fsp3) is 0. The molecule has 0 bridgehead atoms. The van der Waals surface area contributed by atoms with Crippen LogP contribution in [0.2, 0.25) is 0 Å². The number of nitrogens with one attached hydrogen (secondary N) is 1. The lowest BCUT2D eigenvalue weighted by atomic mass is 10.1. The number of hydrogen-bond acceptors (Lipinski definition) is 6. The summed E-state index contributed by atoms with van der Waals surface area (Å²) < 4.78 is 0. The van der Waals surface area contributed by atoms with E-state index in [2.05, 4.69) is 21.4 Å². The highest BCUT2D eigenvalue weighted by Gasteiger charge is 2.22. The molecule has 3 aromatic rings. The number of anilines is 1. The molecule has 0 fully saturated rings. The zero-order valence-electron chi connectivity index (χ0n) is 12.6. The van der Waals surface area contributed by atoms with Crippen LogP contribution in [-0.2, 0) is 0 Å². The predicted octanol–water partition coefficient (Wildman–Crippen LogP) is 3.03. The average Bonchev–Trinajstić information content (AvgIpc) is 3.04. The third-order valence-corrected chi connectivity index (χ3v) is 4.23. The SMILES string of the molecule is N#Cc1c(-c2ccccc2)csc1NC(=O)c1nccnc1C(=O)O. The first-order chi connectivity index (χ1) is 12.1. The monoisotopic (exact) mass is 350 g/mol. The molecule has 3 rings (SSSR count). The molecule has 2 N–H and O–H groups in total. The molecule has 122 valence electrons. The first-order valence-electron chi connectivity index (χ1n) is 7.04. The number of benzene rings is 1. The normalized spacial score (nSPS) is 10.0. The molecule has 0 aliphatic carbocycles. The highest BCUT2D eigenvalue weighted by molar-refractivity contribution is 7.15. The Balaban J connectivity index is 1.95. The molecule has 0 aliphatic rings. The van der Waals surface area contributed by atoms with Crippen LogP contribution in [0.15, 0.2) is 48.1 Å². The van der Waals surface area contributed by atoms with Gasteiger partial charge in [0.15, 0.2) is 11.4 Å². The van der Waals surface area contributed by atoms with Crippen LogP contribution in [0.5, 0.6) is 0 Å². The van der Waals surface area contributed by atoms with Gasteiger partial charge in [0, 0.05) is 23.3 Å². The molecule has 0 spiro atoms. The van der Waals surface area contributed by atoms with Gasteiger partial charge in [0.05, 0.1) is 5.56 Å². The molecule has 7 nitrogen and oxygen atoms in total. The number of carboxylic acid groups (broad SMARTS) is 1. The zero-order chi connectivity index (χ0) is 17.8. The van der Waals surface area contributed by atoms with Crippen molar-refractivity contribution in [1.82, 2.24) is 9.97 Å². The van der Waals surface area contributed by atoms with Crippen LogP contribution in [0, 0.1) is 11.3 Å². The first-order valence-corrected chi connectivity index (χ1v) is 7.92. The zero-order valence-corrected chi connectivity index (χ0v) is 13.4. The lowest BCUT2D eigenvalue weighted by Crippen LogP contribution is -2.19. The highest BCUT2D eigenvalue weighted by atomic mass is 32.1. The van der Waals surface area contributed by atoms with Crippen molar-refractivity contribution in [2.45, 2.75) is 0 Å². The number of amides is 1. The third-order valence-electron chi connectivity index (χ3n) is 3.33. The molecule has 0 unspecified atom stereocenters. The lowest BCUT2D eigenvalue weighted by Gasteiger charge is -2.05. The summed E-state index contributed by atoms with van der Waals surface area (Å²) in [5.41, 5.74) is 1.10. The Hall–Kier alpha value is -3.57. The van der Waals surface area contributed by atoms with Crippen LogP contribution in [0.3, 0.4) is 0 Å². The first kappa shape index (κ1) is 16.3. The van der Waals surface area contributed by atoms with Crippen molar-refractivity contribution < 1.29 is 14.7 Å². The smallest absolute Gasteiger partial charge is 0.356 e. The molecule has 8 heteroatoms. The molecule has 1 amide bonds. The van der Waals surface area contributed by atoms with Crippen LogP contribution in [0.4, 0.5) is 5.00 Å². The van der Waals surface area contributed by atoms with E-state index in [1.54, 1.807) is 5.38 Å². The Bertz CT molecular complexity index is 993. The van der Waals surface area contributed by atoms with E-state index in [9.17, 15) is 14.9 Å². The van der Waals surface area contributed by atoms with Crippen molar-refractivity contribution in [3.8, 4) is 17.2 Å². The summed E-state index contributed by atoms with van der Waals surface area (Å²) in [5.74, 6) is -2.08. The molecule has 0 saturated carbocycles. The van der Waals surface area contributed by atoms with E-state index in [1.165, 1.54) is 23.7 Å². The number of aromatic nitrogens is 2. The van der Waals surface area contributed by atoms with Crippen molar-refractivity contribution in [3.63, 3.8) is 0 Å². The second-order valence-corrected chi connectivity index (χ2v) is 5.72. The molecule has 0 radical (unpaired) electrons. The minimum atomic E-state index is -1.35. The molecular weight excluding hydrogens is 340 g/mol. The second kappa shape index (κ2) is 6.90. The van der Waals surface area contributed by atoms with Gasteiger partial charge >= 0.3 is 5.97 Å². The van der Waals surface area contributed by atoms with Gasteiger partial charge in [-0.05, 0) is 5.56 Å². The van der Waals surface area contributed by atoms with Crippen molar-refractivity contribution in [1.29, 1.82) is 5.26 Å². The molecule has 25 heavy (non-hydrogen) atoms. The van der Waals surface area contributed by atoms with Crippen molar-refractivity contribution in [2.24, 2.45) is 0 Å². The standard InChI is InChI=1S/C17H10N4O3S/c18-8-11-12(10-4-2-1-3-5-10)9-25-16(11)21-15(22)13-14(17(23)24)20-7-6-19-13/h1-7,9H,(H,21,22)(H,23,24). The third kappa shape index (κ3) is 3.22.